The Bertz CT molecular complexity index is 618. The Morgan fingerprint density at radius 3 is 2.95 bits per heavy atom. The molecule has 2 aromatic heterocycles. The van der Waals surface area contributed by atoms with Crippen LogP contribution in [0.15, 0.2) is 29.8 Å². The topological polar surface area (TPSA) is 64.0 Å². The van der Waals surface area contributed by atoms with Crippen LogP contribution in [0.2, 0.25) is 0 Å². The normalized spacial score (nSPS) is 11.8. The second-order valence-corrected chi connectivity index (χ2v) is 7.38. The summed E-state index contributed by atoms with van der Waals surface area (Å²) in [5, 5.41) is 6.44. The quantitative estimate of drug-likeness (QED) is 0.813. The van der Waals surface area contributed by atoms with Gasteiger partial charge >= 0.3 is 0 Å². The number of rotatable bonds is 8. The zero-order valence-electron chi connectivity index (χ0n) is 11.4. The molecule has 0 aliphatic carbocycles. The first-order valence-corrected chi connectivity index (χ1v) is 9.18. The molecule has 7 heteroatoms. The summed E-state index contributed by atoms with van der Waals surface area (Å²) in [6.07, 6.45) is 3.44. The van der Waals surface area contributed by atoms with Gasteiger partial charge in [0.05, 0.1) is 17.2 Å². The van der Waals surface area contributed by atoms with Gasteiger partial charge in [-0.15, -0.1) is 11.3 Å². The molecule has 110 valence electrons. The lowest BCUT2D eigenvalue weighted by atomic mass is 10.3. The number of nitrogens with zero attached hydrogens (tertiary/aromatic N) is 2. The van der Waals surface area contributed by atoms with Crippen LogP contribution in [0.5, 0.6) is 0 Å². The Hall–Kier alpha value is -1.18. The SMILES string of the molecule is CCCCS(=O)(=O)NCCn1ccc(-c2cccs2)n1. The fourth-order valence-corrected chi connectivity index (χ4v) is 3.67. The summed E-state index contributed by atoms with van der Waals surface area (Å²) >= 11 is 1.64. The Morgan fingerprint density at radius 2 is 2.25 bits per heavy atom. The number of nitrogens with one attached hydrogen (secondary N) is 1. The molecule has 0 bridgehead atoms. The van der Waals surface area contributed by atoms with E-state index in [-0.39, 0.29) is 5.75 Å². The molecule has 0 spiro atoms. The Kier molecular flexibility index (Phi) is 5.33. The van der Waals surface area contributed by atoms with Gasteiger partial charge in [-0.1, -0.05) is 19.4 Å². The minimum Gasteiger partial charge on any atom is -0.271 e. The van der Waals surface area contributed by atoms with Gasteiger partial charge in [0.25, 0.3) is 0 Å². The van der Waals surface area contributed by atoms with Gasteiger partial charge in [0.15, 0.2) is 0 Å². The van der Waals surface area contributed by atoms with Crippen LogP contribution in [0.3, 0.4) is 0 Å². The van der Waals surface area contributed by atoms with Gasteiger partial charge in [-0.2, -0.15) is 5.10 Å². The predicted molar refractivity (Wildman–Crippen MR) is 82.2 cm³/mol. The third-order valence-electron chi connectivity index (χ3n) is 2.84. The monoisotopic (exact) mass is 313 g/mol. The molecule has 20 heavy (non-hydrogen) atoms. The molecule has 2 aromatic rings. The number of thiophene rings is 1. The fourth-order valence-electron chi connectivity index (χ4n) is 1.76. The van der Waals surface area contributed by atoms with E-state index in [1.807, 2.05) is 36.7 Å². The number of unbranched alkanes of at least 4 members (excludes halogenated alkanes) is 1. The average molecular weight is 313 g/mol. The van der Waals surface area contributed by atoms with Crippen molar-refractivity contribution in [2.75, 3.05) is 12.3 Å². The van der Waals surface area contributed by atoms with E-state index in [0.29, 0.717) is 19.5 Å². The zero-order valence-corrected chi connectivity index (χ0v) is 13.1. The van der Waals surface area contributed by atoms with E-state index in [2.05, 4.69) is 9.82 Å². The highest BCUT2D eigenvalue weighted by atomic mass is 32.2. The van der Waals surface area contributed by atoms with Gasteiger partial charge < -0.3 is 0 Å². The van der Waals surface area contributed by atoms with E-state index >= 15 is 0 Å². The highest BCUT2D eigenvalue weighted by molar-refractivity contribution is 7.89. The maximum Gasteiger partial charge on any atom is 0.211 e. The molecular weight excluding hydrogens is 294 g/mol. The molecule has 0 radical (unpaired) electrons. The largest absolute Gasteiger partial charge is 0.271 e. The van der Waals surface area contributed by atoms with Crippen molar-refractivity contribution in [1.29, 1.82) is 0 Å². The van der Waals surface area contributed by atoms with Crippen LogP contribution in [0.25, 0.3) is 10.6 Å². The van der Waals surface area contributed by atoms with Crippen LogP contribution >= 0.6 is 11.3 Å². The van der Waals surface area contributed by atoms with Crippen LogP contribution < -0.4 is 4.72 Å². The molecule has 0 aliphatic heterocycles. The van der Waals surface area contributed by atoms with E-state index in [1.165, 1.54) is 0 Å². The van der Waals surface area contributed by atoms with Crippen molar-refractivity contribution in [2.45, 2.75) is 26.3 Å². The molecule has 0 saturated carbocycles. The Labute approximate surface area is 123 Å². The number of hydrogen-bond donors (Lipinski definition) is 1. The zero-order chi connectivity index (χ0) is 14.4. The lowest BCUT2D eigenvalue weighted by Crippen LogP contribution is -2.29. The third kappa shape index (κ3) is 4.43. The van der Waals surface area contributed by atoms with Crippen LogP contribution in [-0.2, 0) is 16.6 Å². The third-order valence-corrected chi connectivity index (χ3v) is 5.21. The van der Waals surface area contributed by atoms with Crippen LogP contribution in [0, 0.1) is 0 Å². The average Bonchev–Trinajstić information content (AvgIpc) is 3.06. The van der Waals surface area contributed by atoms with E-state index in [0.717, 1.165) is 17.0 Å². The van der Waals surface area contributed by atoms with Gasteiger partial charge in [0.2, 0.25) is 10.0 Å². The lowest BCUT2D eigenvalue weighted by Gasteiger charge is -2.06. The van der Waals surface area contributed by atoms with Crippen molar-refractivity contribution in [2.24, 2.45) is 0 Å². The molecule has 2 heterocycles. The van der Waals surface area contributed by atoms with Crippen molar-refractivity contribution in [3.63, 3.8) is 0 Å². The lowest BCUT2D eigenvalue weighted by molar-refractivity contribution is 0.559. The molecule has 5 nitrogen and oxygen atoms in total. The van der Waals surface area contributed by atoms with Gasteiger partial charge in [0.1, 0.15) is 5.69 Å². The van der Waals surface area contributed by atoms with E-state index in [9.17, 15) is 8.42 Å². The first-order valence-electron chi connectivity index (χ1n) is 6.65. The van der Waals surface area contributed by atoms with Gasteiger partial charge in [0, 0.05) is 12.7 Å². The first-order chi connectivity index (χ1) is 9.61. The number of aromatic nitrogens is 2. The highest BCUT2D eigenvalue weighted by Gasteiger charge is 2.09. The first kappa shape index (κ1) is 15.2. The van der Waals surface area contributed by atoms with E-state index < -0.39 is 10.0 Å². The van der Waals surface area contributed by atoms with E-state index in [1.54, 1.807) is 16.0 Å². The van der Waals surface area contributed by atoms with Crippen molar-refractivity contribution >= 4 is 21.4 Å². The minimum absolute atomic E-state index is 0.197. The van der Waals surface area contributed by atoms with Crippen molar-refractivity contribution in [1.82, 2.24) is 14.5 Å². The second-order valence-electron chi connectivity index (χ2n) is 4.51. The highest BCUT2D eigenvalue weighted by Crippen LogP contribution is 2.22. The number of hydrogen-bond acceptors (Lipinski definition) is 4. The molecule has 0 aromatic carbocycles. The molecule has 0 unspecified atom stereocenters. The summed E-state index contributed by atoms with van der Waals surface area (Å²) in [6.45, 7) is 2.89. The fraction of sp³-hybridized carbons (Fsp3) is 0.462. The van der Waals surface area contributed by atoms with Gasteiger partial charge in [-0.3, -0.25) is 4.68 Å². The molecule has 0 atom stereocenters. The van der Waals surface area contributed by atoms with Crippen LogP contribution in [-0.4, -0.2) is 30.5 Å². The maximum absolute atomic E-state index is 11.6. The maximum atomic E-state index is 11.6. The summed E-state index contributed by atoms with van der Waals surface area (Å²) in [5.74, 6) is 0.197. The Balaban J connectivity index is 1.83. The summed E-state index contributed by atoms with van der Waals surface area (Å²) in [4.78, 5) is 1.12. The van der Waals surface area contributed by atoms with Crippen LogP contribution in [0.4, 0.5) is 0 Å². The van der Waals surface area contributed by atoms with Crippen molar-refractivity contribution < 1.29 is 8.42 Å². The minimum atomic E-state index is -3.14. The van der Waals surface area contributed by atoms with Gasteiger partial charge in [-0.05, 0) is 23.9 Å². The summed E-state index contributed by atoms with van der Waals surface area (Å²) in [6, 6.07) is 5.95. The summed E-state index contributed by atoms with van der Waals surface area (Å²) in [7, 11) is -3.14. The molecule has 0 amide bonds. The van der Waals surface area contributed by atoms with Crippen molar-refractivity contribution in [3.05, 3.63) is 29.8 Å². The Morgan fingerprint density at radius 1 is 1.40 bits per heavy atom. The van der Waals surface area contributed by atoms with Gasteiger partial charge in [-0.25, -0.2) is 13.1 Å². The molecular formula is C13H19N3O2S2. The molecule has 0 saturated heterocycles. The van der Waals surface area contributed by atoms with Crippen LogP contribution in [0.1, 0.15) is 19.8 Å². The second kappa shape index (κ2) is 7.01. The molecule has 1 N–H and O–H groups in total. The smallest absolute Gasteiger partial charge is 0.211 e. The molecule has 2 rings (SSSR count). The van der Waals surface area contributed by atoms with Crippen molar-refractivity contribution in [3.8, 4) is 10.6 Å². The summed E-state index contributed by atoms with van der Waals surface area (Å²) < 4.78 is 27.6. The predicted octanol–water partition coefficient (Wildman–Crippen LogP) is 2.33. The van der Waals surface area contributed by atoms with E-state index in [4.69, 9.17) is 0 Å². The molecule has 0 fully saturated rings. The standard InChI is InChI=1S/C13H19N3O2S2/c1-2-3-11-20(17,18)14-7-9-16-8-6-12(15-16)13-5-4-10-19-13/h4-6,8,10,14H,2-3,7,9,11H2,1H3. The number of sulfonamides is 1. The molecule has 0 aliphatic rings. The summed E-state index contributed by atoms with van der Waals surface area (Å²) in [5.41, 5.74) is 0.925.